The van der Waals surface area contributed by atoms with E-state index < -0.39 is 0 Å². The lowest BCUT2D eigenvalue weighted by Crippen LogP contribution is -2.33. The predicted molar refractivity (Wildman–Crippen MR) is 80.4 cm³/mol. The molecule has 0 radical (unpaired) electrons. The fourth-order valence-corrected chi connectivity index (χ4v) is 3.65. The predicted octanol–water partition coefficient (Wildman–Crippen LogP) is 3.14. The first-order valence-electron chi connectivity index (χ1n) is 7.93. The van der Waals surface area contributed by atoms with Crippen molar-refractivity contribution in [2.45, 2.75) is 51.1 Å². The van der Waals surface area contributed by atoms with Crippen LogP contribution in [0.4, 0.5) is 0 Å². The molecule has 0 bridgehead atoms. The van der Waals surface area contributed by atoms with Crippen LogP contribution in [0, 0.1) is 0 Å². The maximum Gasteiger partial charge on any atom is 0.0328 e. The molecule has 2 aliphatic rings. The largest absolute Gasteiger partial charge is 0.307 e. The van der Waals surface area contributed by atoms with Crippen molar-refractivity contribution < 1.29 is 0 Å². The summed E-state index contributed by atoms with van der Waals surface area (Å²) in [7, 11) is 0. The van der Waals surface area contributed by atoms with Crippen LogP contribution in [0.5, 0.6) is 0 Å². The molecule has 2 unspecified atom stereocenters. The van der Waals surface area contributed by atoms with Crippen molar-refractivity contribution in [3.63, 3.8) is 0 Å². The maximum absolute atomic E-state index is 3.93. The number of hydrogen-bond donors (Lipinski definition) is 1. The van der Waals surface area contributed by atoms with Gasteiger partial charge in [-0.25, -0.2) is 0 Å². The fraction of sp³-hybridized carbons (Fsp3) is 0.647. The Hall–Kier alpha value is -0.860. The molecule has 104 valence electrons. The Bertz CT molecular complexity index is 415. The van der Waals surface area contributed by atoms with Crippen molar-refractivity contribution in [1.82, 2.24) is 10.2 Å². The molecule has 0 saturated carbocycles. The molecule has 0 amide bonds. The zero-order chi connectivity index (χ0) is 13.1. The van der Waals surface area contributed by atoms with Crippen LogP contribution >= 0.6 is 0 Å². The first kappa shape index (κ1) is 13.1. The van der Waals surface area contributed by atoms with E-state index >= 15 is 0 Å². The summed E-state index contributed by atoms with van der Waals surface area (Å²) in [6.45, 7) is 6.04. The van der Waals surface area contributed by atoms with Crippen LogP contribution in [-0.4, -0.2) is 30.6 Å². The quantitative estimate of drug-likeness (QED) is 0.896. The van der Waals surface area contributed by atoms with Crippen LogP contribution < -0.4 is 5.32 Å². The molecule has 2 atom stereocenters. The summed E-state index contributed by atoms with van der Waals surface area (Å²) in [5, 5.41) is 3.93. The summed E-state index contributed by atoms with van der Waals surface area (Å²) in [5.41, 5.74) is 3.11. The highest BCUT2D eigenvalue weighted by Gasteiger charge is 2.25. The Kier molecular flexibility index (Phi) is 4.19. The minimum Gasteiger partial charge on any atom is -0.307 e. The molecule has 1 N–H and O–H groups in total. The van der Waals surface area contributed by atoms with Gasteiger partial charge in [0.1, 0.15) is 0 Å². The van der Waals surface area contributed by atoms with Gasteiger partial charge in [-0.05, 0) is 62.9 Å². The van der Waals surface area contributed by atoms with Crippen molar-refractivity contribution in [2.24, 2.45) is 0 Å². The Balaban J connectivity index is 1.60. The molecular formula is C17H26N2. The van der Waals surface area contributed by atoms with E-state index in [1.807, 2.05) is 0 Å². The van der Waals surface area contributed by atoms with Crippen LogP contribution in [0.3, 0.4) is 0 Å². The van der Waals surface area contributed by atoms with E-state index in [2.05, 4.69) is 41.4 Å². The second kappa shape index (κ2) is 6.06. The van der Waals surface area contributed by atoms with Crippen molar-refractivity contribution in [2.75, 3.05) is 19.6 Å². The van der Waals surface area contributed by atoms with Crippen LogP contribution in [0.15, 0.2) is 24.3 Å². The maximum atomic E-state index is 3.93. The van der Waals surface area contributed by atoms with Gasteiger partial charge in [0.05, 0.1) is 0 Å². The van der Waals surface area contributed by atoms with E-state index in [1.54, 1.807) is 11.1 Å². The average molecular weight is 258 g/mol. The summed E-state index contributed by atoms with van der Waals surface area (Å²) >= 11 is 0. The summed E-state index contributed by atoms with van der Waals surface area (Å²) in [6, 6.07) is 10.3. The van der Waals surface area contributed by atoms with Gasteiger partial charge >= 0.3 is 0 Å². The number of fused-ring (bicyclic) bond motifs is 1. The van der Waals surface area contributed by atoms with E-state index in [9.17, 15) is 0 Å². The number of nitrogens with one attached hydrogen (secondary N) is 1. The molecule has 1 fully saturated rings. The van der Waals surface area contributed by atoms with Crippen molar-refractivity contribution in [3.8, 4) is 0 Å². The molecule has 2 nitrogen and oxygen atoms in total. The van der Waals surface area contributed by atoms with Gasteiger partial charge in [0.2, 0.25) is 0 Å². The van der Waals surface area contributed by atoms with E-state index in [4.69, 9.17) is 0 Å². The minimum absolute atomic E-state index is 0.606. The van der Waals surface area contributed by atoms with Gasteiger partial charge in [0, 0.05) is 12.1 Å². The van der Waals surface area contributed by atoms with E-state index in [0.717, 1.165) is 0 Å². The highest BCUT2D eigenvalue weighted by atomic mass is 15.1. The second-order valence-electron chi connectivity index (χ2n) is 6.02. The number of nitrogens with zero attached hydrogens (tertiary/aromatic N) is 1. The molecular weight excluding hydrogens is 232 g/mol. The SMILES string of the molecule is CCN1CCCC(NC2CCc3ccccc32)CC1. The topological polar surface area (TPSA) is 15.3 Å². The molecule has 0 aromatic heterocycles. The molecule has 19 heavy (non-hydrogen) atoms. The molecule has 1 aliphatic carbocycles. The molecule has 0 spiro atoms. The van der Waals surface area contributed by atoms with Gasteiger partial charge < -0.3 is 10.2 Å². The molecule has 1 saturated heterocycles. The molecule has 3 rings (SSSR count). The monoisotopic (exact) mass is 258 g/mol. The summed E-state index contributed by atoms with van der Waals surface area (Å²) in [5.74, 6) is 0. The Morgan fingerprint density at radius 1 is 1.16 bits per heavy atom. The van der Waals surface area contributed by atoms with Crippen molar-refractivity contribution >= 4 is 0 Å². The van der Waals surface area contributed by atoms with E-state index in [0.29, 0.717) is 12.1 Å². The van der Waals surface area contributed by atoms with Gasteiger partial charge in [-0.15, -0.1) is 0 Å². The number of benzene rings is 1. The lowest BCUT2D eigenvalue weighted by Gasteiger charge is -2.23. The fourth-order valence-electron chi connectivity index (χ4n) is 3.65. The molecule has 2 heteroatoms. The third-order valence-electron chi connectivity index (χ3n) is 4.84. The zero-order valence-electron chi connectivity index (χ0n) is 12.1. The van der Waals surface area contributed by atoms with E-state index in [-0.39, 0.29) is 0 Å². The average Bonchev–Trinajstić information content (AvgIpc) is 2.71. The molecule has 1 aliphatic heterocycles. The highest BCUT2D eigenvalue weighted by molar-refractivity contribution is 5.34. The Morgan fingerprint density at radius 2 is 2.05 bits per heavy atom. The molecule has 1 aromatic rings. The van der Waals surface area contributed by atoms with Crippen LogP contribution in [0.1, 0.15) is 49.8 Å². The molecule has 1 aromatic carbocycles. The summed E-state index contributed by atoms with van der Waals surface area (Å²) in [4.78, 5) is 2.59. The van der Waals surface area contributed by atoms with E-state index in [1.165, 1.54) is 51.7 Å². The van der Waals surface area contributed by atoms with Gasteiger partial charge in [-0.2, -0.15) is 0 Å². The van der Waals surface area contributed by atoms with Crippen molar-refractivity contribution in [3.05, 3.63) is 35.4 Å². The van der Waals surface area contributed by atoms with Crippen LogP contribution in [-0.2, 0) is 6.42 Å². The number of aryl methyl sites for hydroxylation is 1. The van der Waals surface area contributed by atoms with Gasteiger partial charge in [-0.1, -0.05) is 31.2 Å². The lowest BCUT2D eigenvalue weighted by molar-refractivity contribution is 0.295. The van der Waals surface area contributed by atoms with Gasteiger partial charge in [0.25, 0.3) is 0 Å². The number of rotatable bonds is 3. The van der Waals surface area contributed by atoms with Crippen LogP contribution in [0.2, 0.25) is 0 Å². The number of hydrogen-bond acceptors (Lipinski definition) is 2. The molecule has 1 heterocycles. The minimum atomic E-state index is 0.606. The third-order valence-corrected chi connectivity index (χ3v) is 4.84. The third kappa shape index (κ3) is 3.01. The summed E-state index contributed by atoms with van der Waals surface area (Å²) in [6.07, 6.45) is 6.54. The smallest absolute Gasteiger partial charge is 0.0328 e. The summed E-state index contributed by atoms with van der Waals surface area (Å²) < 4.78 is 0. The Labute approximate surface area is 117 Å². The zero-order valence-corrected chi connectivity index (χ0v) is 12.1. The normalized spacial score (nSPS) is 28.1. The van der Waals surface area contributed by atoms with Crippen LogP contribution in [0.25, 0.3) is 0 Å². The van der Waals surface area contributed by atoms with Gasteiger partial charge in [0.15, 0.2) is 0 Å². The first-order valence-corrected chi connectivity index (χ1v) is 7.93. The highest BCUT2D eigenvalue weighted by Crippen LogP contribution is 2.31. The number of likely N-dealkylation sites (tertiary alicyclic amines) is 1. The standard InChI is InChI=1S/C17H26N2/c1-2-19-12-5-7-15(11-13-19)18-17-10-9-14-6-3-4-8-16(14)17/h3-4,6,8,15,17-18H,2,5,7,9-13H2,1H3. The van der Waals surface area contributed by atoms with Gasteiger partial charge in [-0.3, -0.25) is 0 Å². The van der Waals surface area contributed by atoms with Crippen molar-refractivity contribution in [1.29, 1.82) is 0 Å². The first-order chi connectivity index (χ1) is 9.36. The lowest BCUT2D eigenvalue weighted by atomic mass is 10.0. The second-order valence-corrected chi connectivity index (χ2v) is 6.02. The Morgan fingerprint density at radius 3 is 2.95 bits per heavy atom.